The summed E-state index contributed by atoms with van der Waals surface area (Å²) in [5.41, 5.74) is 4.75. The van der Waals surface area contributed by atoms with Crippen LogP contribution in [0.3, 0.4) is 0 Å². The highest BCUT2D eigenvalue weighted by atomic mass is 32.2. The van der Waals surface area contributed by atoms with E-state index in [2.05, 4.69) is 71.9 Å². The molecule has 0 atom stereocenters. The molecule has 0 amide bonds. The van der Waals surface area contributed by atoms with E-state index < -0.39 is 0 Å². The molecule has 0 spiro atoms. The lowest BCUT2D eigenvalue weighted by molar-refractivity contribution is 0.900. The Hall–Kier alpha value is -2.00. The van der Waals surface area contributed by atoms with Gasteiger partial charge < -0.3 is 0 Å². The first kappa shape index (κ1) is 14.0. The summed E-state index contributed by atoms with van der Waals surface area (Å²) in [6, 6.07) is 19.0. The second-order valence-corrected chi connectivity index (χ2v) is 6.13. The second kappa shape index (κ2) is 6.19. The first-order valence-electron chi connectivity index (χ1n) is 7.12. The van der Waals surface area contributed by atoms with E-state index in [1.54, 1.807) is 11.8 Å². The summed E-state index contributed by atoms with van der Waals surface area (Å²) in [4.78, 5) is 4.61. The predicted molar refractivity (Wildman–Crippen MR) is 90.1 cm³/mol. The Balaban J connectivity index is 2.16. The van der Waals surface area contributed by atoms with Gasteiger partial charge in [-0.25, -0.2) is 4.98 Å². The van der Waals surface area contributed by atoms with Crippen molar-refractivity contribution in [2.45, 2.75) is 19.0 Å². The lowest BCUT2D eigenvalue weighted by atomic mass is 10.1. The zero-order valence-corrected chi connectivity index (χ0v) is 13.1. The molecule has 0 radical (unpaired) electrons. The van der Waals surface area contributed by atoms with E-state index in [0.29, 0.717) is 0 Å². The maximum absolute atomic E-state index is 4.61. The predicted octanol–water partition coefficient (Wildman–Crippen LogP) is 4.96. The van der Waals surface area contributed by atoms with Gasteiger partial charge in [-0.3, -0.25) is 4.57 Å². The van der Waals surface area contributed by atoms with Gasteiger partial charge in [0.15, 0.2) is 5.16 Å². The molecule has 0 aliphatic heterocycles. The van der Waals surface area contributed by atoms with Crippen LogP contribution >= 0.6 is 11.8 Å². The van der Waals surface area contributed by atoms with Crippen molar-refractivity contribution in [1.82, 2.24) is 9.55 Å². The fraction of sp³-hybridized carbons (Fsp3) is 0.167. The van der Waals surface area contributed by atoms with Crippen LogP contribution in [0, 0.1) is 6.92 Å². The Morgan fingerprint density at radius 1 is 1.00 bits per heavy atom. The monoisotopic (exact) mass is 294 g/mol. The molecule has 1 aromatic heterocycles. The molecule has 0 saturated heterocycles. The molecule has 0 unspecified atom stereocenters. The van der Waals surface area contributed by atoms with E-state index in [4.69, 9.17) is 0 Å². The smallest absolute Gasteiger partial charge is 0.173 e. The van der Waals surface area contributed by atoms with Crippen LogP contribution in [0.4, 0.5) is 0 Å². The first-order valence-corrected chi connectivity index (χ1v) is 8.11. The van der Waals surface area contributed by atoms with Gasteiger partial charge in [-0.2, -0.15) is 0 Å². The topological polar surface area (TPSA) is 17.8 Å². The second-order valence-electron chi connectivity index (χ2n) is 4.90. The highest BCUT2D eigenvalue weighted by Gasteiger charge is 2.13. The maximum atomic E-state index is 4.61. The number of rotatable bonds is 4. The highest BCUT2D eigenvalue weighted by Crippen LogP contribution is 2.29. The molecule has 2 aromatic carbocycles. The normalized spacial score (nSPS) is 10.8. The molecule has 3 rings (SSSR count). The summed E-state index contributed by atoms with van der Waals surface area (Å²) < 4.78 is 2.24. The van der Waals surface area contributed by atoms with Crippen LogP contribution in [0.25, 0.3) is 16.9 Å². The van der Waals surface area contributed by atoms with Crippen molar-refractivity contribution in [2.75, 3.05) is 5.75 Å². The number of nitrogens with zero attached hydrogens (tertiary/aromatic N) is 2. The minimum atomic E-state index is 1.01. The summed E-state index contributed by atoms with van der Waals surface area (Å²) in [6.45, 7) is 4.26. The molecule has 3 aromatic rings. The Labute approximate surface area is 129 Å². The van der Waals surface area contributed by atoms with Crippen LogP contribution < -0.4 is 0 Å². The largest absolute Gasteiger partial charge is 0.287 e. The molecule has 0 aliphatic carbocycles. The van der Waals surface area contributed by atoms with Crippen molar-refractivity contribution in [3.63, 3.8) is 0 Å². The van der Waals surface area contributed by atoms with Crippen molar-refractivity contribution in [3.8, 4) is 16.9 Å². The number of imidazole rings is 1. The van der Waals surface area contributed by atoms with Gasteiger partial charge in [0, 0.05) is 11.3 Å². The third kappa shape index (κ3) is 2.88. The molecule has 21 heavy (non-hydrogen) atoms. The summed E-state index contributed by atoms with van der Waals surface area (Å²) in [7, 11) is 0. The van der Waals surface area contributed by atoms with Gasteiger partial charge >= 0.3 is 0 Å². The van der Waals surface area contributed by atoms with Gasteiger partial charge in [-0.15, -0.1) is 0 Å². The third-order valence-corrected chi connectivity index (χ3v) is 4.20. The van der Waals surface area contributed by atoms with E-state index in [1.165, 1.54) is 11.1 Å². The zero-order valence-electron chi connectivity index (χ0n) is 12.3. The molecule has 0 saturated carbocycles. The van der Waals surface area contributed by atoms with Gasteiger partial charge in [-0.05, 0) is 24.8 Å². The van der Waals surface area contributed by atoms with Crippen molar-refractivity contribution in [2.24, 2.45) is 0 Å². The number of hydrogen-bond acceptors (Lipinski definition) is 2. The summed E-state index contributed by atoms with van der Waals surface area (Å²) in [6.07, 6.45) is 1.97. The molecule has 0 fully saturated rings. The summed E-state index contributed by atoms with van der Waals surface area (Å²) in [5.74, 6) is 1.01. The first-order chi connectivity index (χ1) is 10.3. The van der Waals surface area contributed by atoms with Crippen molar-refractivity contribution >= 4 is 11.8 Å². The fourth-order valence-electron chi connectivity index (χ4n) is 2.32. The Bertz CT molecular complexity index is 715. The quantitative estimate of drug-likeness (QED) is 0.633. The molecule has 2 nitrogen and oxygen atoms in total. The van der Waals surface area contributed by atoms with Gasteiger partial charge in [0.25, 0.3) is 0 Å². The molecule has 0 aliphatic rings. The average molecular weight is 294 g/mol. The van der Waals surface area contributed by atoms with Crippen molar-refractivity contribution < 1.29 is 0 Å². The molecular formula is C18H18N2S. The highest BCUT2D eigenvalue weighted by molar-refractivity contribution is 7.99. The standard InChI is InChI=1S/C18H18N2S/c1-3-21-18-19-13-17(15-7-5-4-6-8-15)20(18)16-11-9-14(2)10-12-16/h4-13H,3H2,1-2H3. The number of aromatic nitrogens is 2. The average Bonchev–Trinajstić information content (AvgIpc) is 2.93. The van der Waals surface area contributed by atoms with Crippen molar-refractivity contribution in [3.05, 3.63) is 66.4 Å². The van der Waals surface area contributed by atoms with E-state index >= 15 is 0 Å². The van der Waals surface area contributed by atoms with Crippen LogP contribution in [0.2, 0.25) is 0 Å². The van der Waals surface area contributed by atoms with E-state index in [1.807, 2.05) is 12.3 Å². The van der Waals surface area contributed by atoms with E-state index in [9.17, 15) is 0 Å². The molecule has 106 valence electrons. The zero-order chi connectivity index (χ0) is 14.7. The van der Waals surface area contributed by atoms with Crippen LogP contribution in [0.1, 0.15) is 12.5 Å². The van der Waals surface area contributed by atoms with Crippen LogP contribution in [-0.2, 0) is 0 Å². The Morgan fingerprint density at radius 2 is 1.71 bits per heavy atom. The Morgan fingerprint density at radius 3 is 2.38 bits per heavy atom. The SMILES string of the molecule is CCSc1ncc(-c2ccccc2)n1-c1ccc(C)cc1. The van der Waals surface area contributed by atoms with Gasteiger partial charge in [0.1, 0.15) is 0 Å². The number of benzene rings is 2. The lowest BCUT2D eigenvalue weighted by Crippen LogP contribution is -1.99. The third-order valence-electron chi connectivity index (χ3n) is 3.36. The molecule has 3 heteroatoms. The minimum Gasteiger partial charge on any atom is -0.287 e. The van der Waals surface area contributed by atoms with Crippen LogP contribution in [0.15, 0.2) is 66.0 Å². The molecule has 1 heterocycles. The molecule has 0 N–H and O–H groups in total. The van der Waals surface area contributed by atoms with Gasteiger partial charge in [0.05, 0.1) is 11.9 Å². The van der Waals surface area contributed by atoms with Crippen LogP contribution in [0.5, 0.6) is 0 Å². The van der Waals surface area contributed by atoms with Gasteiger partial charge in [-0.1, -0.05) is 66.7 Å². The fourth-order valence-corrected chi connectivity index (χ4v) is 3.04. The van der Waals surface area contributed by atoms with E-state index in [-0.39, 0.29) is 0 Å². The van der Waals surface area contributed by atoms with Crippen LogP contribution in [-0.4, -0.2) is 15.3 Å². The number of aryl methyl sites for hydroxylation is 1. The van der Waals surface area contributed by atoms with Gasteiger partial charge in [0.2, 0.25) is 0 Å². The van der Waals surface area contributed by atoms with E-state index in [0.717, 1.165) is 22.3 Å². The number of thioether (sulfide) groups is 1. The maximum Gasteiger partial charge on any atom is 0.173 e. The van der Waals surface area contributed by atoms with Crippen molar-refractivity contribution in [1.29, 1.82) is 0 Å². The Kier molecular flexibility index (Phi) is 4.11. The molecule has 0 bridgehead atoms. The molecular weight excluding hydrogens is 276 g/mol. The lowest BCUT2D eigenvalue weighted by Gasteiger charge is -2.12. The summed E-state index contributed by atoms with van der Waals surface area (Å²) in [5, 5.41) is 1.04. The minimum absolute atomic E-state index is 1.01. The summed E-state index contributed by atoms with van der Waals surface area (Å²) >= 11 is 1.77. The number of hydrogen-bond donors (Lipinski definition) is 0.